The minimum Gasteiger partial charge on any atom is -0.479 e. The van der Waals surface area contributed by atoms with Gasteiger partial charge in [0.2, 0.25) is 0 Å². The lowest BCUT2D eigenvalue weighted by molar-refractivity contribution is -0.199. The summed E-state index contributed by atoms with van der Waals surface area (Å²) >= 11 is 0. The number of aromatic nitrogens is 2. The molecule has 0 fully saturated rings. The Balaban J connectivity index is 3.18. The van der Waals surface area contributed by atoms with Crippen LogP contribution >= 0.6 is 0 Å². The van der Waals surface area contributed by atoms with E-state index in [1.54, 1.807) is 20.8 Å². The number of rotatable bonds is 5. The maximum atomic E-state index is 11.4. The van der Waals surface area contributed by atoms with Crippen LogP contribution in [0, 0.1) is 0 Å². The van der Waals surface area contributed by atoms with Crippen LogP contribution in [-0.2, 0) is 20.7 Å². The molecule has 0 spiro atoms. The molecular weight excluding hydrogens is 252 g/mol. The fourth-order valence-corrected chi connectivity index (χ4v) is 1.60. The van der Waals surface area contributed by atoms with E-state index in [0.717, 1.165) is 0 Å². The Morgan fingerprint density at radius 2 is 1.79 bits per heavy atom. The molecule has 0 aliphatic rings. The zero-order valence-corrected chi connectivity index (χ0v) is 11.0. The van der Waals surface area contributed by atoms with Gasteiger partial charge >= 0.3 is 11.9 Å². The predicted molar refractivity (Wildman–Crippen MR) is 64.6 cm³/mol. The second-order valence-corrected chi connectivity index (χ2v) is 5.08. The molecule has 7 heteroatoms. The van der Waals surface area contributed by atoms with E-state index < -0.39 is 23.1 Å². The van der Waals surface area contributed by atoms with E-state index in [0.29, 0.717) is 5.56 Å². The molecule has 19 heavy (non-hydrogen) atoms. The molecule has 0 radical (unpaired) electrons. The van der Waals surface area contributed by atoms with Gasteiger partial charge in [-0.3, -0.25) is 0 Å². The molecule has 0 aliphatic heterocycles. The van der Waals surface area contributed by atoms with Crippen molar-refractivity contribution in [2.75, 3.05) is 0 Å². The zero-order chi connectivity index (χ0) is 14.7. The molecule has 0 saturated carbocycles. The topological polar surface area (TPSA) is 110 Å². The van der Waals surface area contributed by atoms with Crippen LogP contribution in [0.1, 0.15) is 26.3 Å². The summed E-state index contributed by atoms with van der Waals surface area (Å²) in [5, 5.41) is 25.7. The number of carbonyl (C=O) groups is 2. The molecule has 0 bridgehead atoms. The molecule has 0 aromatic carbocycles. The van der Waals surface area contributed by atoms with Gasteiger partial charge in [-0.1, -0.05) is 0 Å². The number of hydrogen-bond donors (Lipinski definition) is 2. The van der Waals surface area contributed by atoms with Gasteiger partial charge < -0.3 is 14.9 Å². The van der Waals surface area contributed by atoms with E-state index in [2.05, 4.69) is 10.2 Å². The monoisotopic (exact) mass is 268 g/mol. The average molecular weight is 268 g/mol. The van der Waals surface area contributed by atoms with Crippen LogP contribution in [-0.4, -0.2) is 43.6 Å². The van der Waals surface area contributed by atoms with Crippen molar-refractivity contribution in [2.45, 2.75) is 38.4 Å². The standard InChI is InChI=1S/C12H16N2O5/c1-11(2,3)19-12(9(15)16,10(17)18)6-8-4-5-13-14-7-8/h4-5,7H,6H2,1-3H3,(H,15,16)(H,17,18). The molecule has 1 heterocycles. The van der Waals surface area contributed by atoms with Gasteiger partial charge in [-0.05, 0) is 32.4 Å². The van der Waals surface area contributed by atoms with E-state index >= 15 is 0 Å². The van der Waals surface area contributed by atoms with E-state index in [-0.39, 0.29) is 6.42 Å². The van der Waals surface area contributed by atoms with Gasteiger partial charge in [-0.2, -0.15) is 10.2 Å². The number of carboxylic acids is 2. The van der Waals surface area contributed by atoms with Crippen LogP contribution in [0.4, 0.5) is 0 Å². The quantitative estimate of drug-likeness (QED) is 0.758. The SMILES string of the molecule is CC(C)(C)OC(Cc1ccnnc1)(C(=O)O)C(=O)O. The third-order valence-electron chi connectivity index (χ3n) is 2.27. The van der Waals surface area contributed by atoms with E-state index in [9.17, 15) is 19.8 Å². The Morgan fingerprint density at radius 3 is 2.16 bits per heavy atom. The second-order valence-electron chi connectivity index (χ2n) is 5.08. The van der Waals surface area contributed by atoms with Crippen molar-refractivity contribution >= 4 is 11.9 Å². The zero-order valence-electron chi connectivity index (χ0n) is 11.0. The predicted octanol–water partition coefficient (Wildman–Crippen LogP) is 0.742. The van der Waals surface area contributed by atoms with Gasteiger partial charge in [0.15, 0.2) is 0 Å². The number of carboxylic acid groups (broad SMARTS) is 2. The fraction of sp³-hybridized carbons (Fsp3) is 0.500. The summed E-state index contributed by atoms with van der Waals surface area (Å²) in [6, 6.07) is 1.50. The van der Waals surface area contributed by atoms with Crippen molar-refractivity contribution in [3.63, 3.8) is 0 Å². The molecular formula is C12H16N2O5. The van der Waals surface area contributed by atoms with Crippen LogP contribution in [0.5, 0.6) is 0 Å². The van der Waals surface area contributed by atoms with Crippen LogP contribution < -0.4 is 0 Å². The van der Waals surface area contributed by atoms with Crippen molar-refractivity contribution < 1.29 is 24.5 Å². The molecule has 1 aromatic rings. The number of hydrogen-bond acceptors (Lipinski definition) is 5. The molecule has 0 amide bonds. The number of ether oxygens (including phenoxy) is 1. The molecule has 0 saturated heterocycles. The average Bonchev–Trinajstić information content (AvgIpc) is 2.27. The van der Waals surface area contributed by atoms with E-state index in [1.165, 1.54) is 18.5 Å². The maximum absolute atomic E-state index is 11.4. The van der Waals surface area contributed by atoms with Crippen molar-refractivity contribution in [1.82, 2.24) is 10.2 Å². The third-order valence-corrected chi connectivity index (χ3v) is 2.27. The third kappa shape index (κ3) is 3.72. The molecule has 2 N–H and O–H groups in total. The van der Waals surface area contributed by atoms with Crippen LogP contribution in [0.2, 0.25) is 0 Å². The molecule has 1 rings (SSSR count). The summed E-state index contributed by atoms with van der Waals surface area (Å²) in [5.41, 5.74) is -2.84. The highest BCUT2D eigenvalue weighted by Gasteiger charge is 2.50. The summed E-state index contributed by atoms with van der Waals surface area (Å²) in [4.78, 5) is 22.8. The van der Waals surface area contributed by atoms with Crippen LogP contribution in [0.15, 0.2) is 18.5 Å². The normalized spacial score (nSPS) is 12.2. The summed E-state index contributed by atoms with van der Waals surface area (Å²) in [7, 11) is 0. The molecule has 104 valence electrons. The Kier molecular flexibility index (Phi) is 4.21. The van der Waals surface area contributed by atoms with Gasteiger partial charge in [-0.15, -0.1) is 0 Å². The van der Waals surface area contributed by atoms with Gasteiger partial charge in [0.05, 0.1) is 11.8 Å². The number of aliphatic carboxylic acids is 2. The van der Waals surface area contributed by atoms with Crippen molar-refractivity contribution in [2.24, 2.45) is 0 Å². The molecule has 7 nitrogen and oxygen atoms in total. The van der Waals surface area contributed by atoms with Gasteiger partial charge in [0.1, 0.15) is 0 Å². The van der Waals surface area contributed by atoms with Crippen molar-refractivity contribution in [3.05, 3.63) is 24.0 Å². The minimum absolute atomic E-state index is 0.329. The molecule has 0 atom stereocenters. The lowest BCUT2D eigenvalue weighted by Crippen LogP contribution is -2.54. The Labute approximate surface area is 110 Å². The summed E-state index contributed by atoms with van der Waals surface area (Å²) in [6.07, 6.45) is 2.35. The Hall–Kier alpha value is -2.02. The highest BCUT2D eigenvalue weighted by atomic mass is 16.6. The first-order valence-corrected chi connectivity index (χ1v) is 5.60. The summed E-state index contributed by atoms with van der Waals surface area (Å²) in [5.74, 6) is -3.10. The number of nitrogens with zero attached hydrogens (tertiary/aromatic N) is 2. The first kappa shape index (κ1) is 15.0. The largest absolute Gasteiger partial charge is 0.479 e. The first-order chi connectivity index (χ1) is 8.67. The smallest absolute Gasteiger partial charge is 0.348 e. The van der Waals surface area contributed by atoms with Crippen molar-refractivity contribution in [1.29, 1.82) is 0 Å². The second kappa shape index (κ2) is 5.31. The van der Waals surface area contributed by atoms with Gasteiger partial charge in [0.25, 0.3) is 5.60 Å². The van der Waals surface area contributed by atoms with Crippen LogP contribution in [0.25, 0.3) is 0 Å². The molecule has 0 unspecified atom stereocenters. The Bertz CT molecular complexity index is 453. The van der Waals surface area contributed by atoms with E-state index in [1.807, 2.05) is 0 Å². The van der Waals surface area contributed by atoms with E-state index in [4.69, 9.17) is 4.74 Å². The van der Waals surface area contributed by atoms with Gasteiger partial charge in [0, 0.05) is 12.6 Å². The fourth-order valence-electron chi connectivity index (χ4n) is 1.60. The molecule has 1 aromatic heterocycles. The summed E-state index contributed by atoms with van der Waals surface area (Å²) in [6.45, 7) is 4.79. The molecule has 0 aliphatic carbocycles. The first-order valence-electron chi connectivity index (χ1n) is 5.60. The van der Waals surface area contributed by atoms with Gasteiger partial charge in [-0.25, -0.2) is 9.59 Å². The lowest BCUT2D eigenvalue weighted by atomic mass is 9.94. The van der Waals surface area contributed by atoms with Crippen LogP contribution in [0.3, 0.4) is 0 Å². The highest BCUT2D eigenvalue weighted by molar-refractivity contribution is 6.02. The highest BCUT2D eigenvalue weighted by Crippen LogP contribution is 2.25. The minimum atomic E-state index is -2.35. The lowest BCUT2D eigenvalue weighted by Gasteiger charge is -2.32. The summed E-state index contributed by atoms with van der Waals surface area (Å²) < 4.78 is 5.30. The van der Waals surface area contributed by atoms with Crippen molar-refractivity contribution in [3.8, 4) is 0 Å². The Morgan fingerprint density at radius 1 is 1.21 bits per heavy atom. The maximum Gasteiger partial charge on any atom is 0.348 e.